The van der Waals surface area contributed by atoms with Crippen LogP contribution in [0, 0.1) is 6.92 Å². The third-order valence-electron chi connectivity index (χ3n) is 4.12. The predicted molar refractivity (Wildman–Crippen MR) is 102 cm³/mol. The number of benzene rings is 2. The first-order chi connectivity index (χ1) is 12.9. The molecular weight excluding hydrogens is 364 g/mol. The summed E-state index contributed by atoms with van der Waals surface area (Å²) in [4.78, 5) is 16.0. The van der Waals surface area contributed by atoms with E-state index in [1.54, 1.807) is 19.1 Å². The normalized spacial score (nSPS) is 11.5. The molecule has 0 saturated carbocycles. The Kier molecular flexibility index (Phi) is 5.53. The van der Waals surface area contributed by atoms with E-state index in [9.17, 15) is 13.2 Å². The maximum absolute atomic E-state index is 12.4. The molecule has 3 rings (SSSR count). The van der Waals surface area contributed by atoms with Crippen molar-refractivity contribution < 1.29 is 17.6 Å². The van der Waals surface area contributed by atoms with Crippen LogP contribution in [0.15, 0.2) is 63.9 Å². The minimum atomic E-state index is -3.71. The molecule has 0 atom stereocenters. The number of aryl methyl sites for hydroxylation is 1. The van der Waals surface area contributed by atoms with Gasteiger partial charge in [-0.1, -0.05) is 30.3 Å². The number of sulfonamides is 1. The molecule has 0 aliphatic carbocycles. The Labute approximate surface area is 158 Å². The molecule has 27 heavy (non-hydrogen) atoms. The quantitative estimate of drug-likeness (QED) is 0.631. The van der Waals surface area contributed by atoms with Crippen molar-refractivity contribution in [3.63, 3.8) is 0 Å². The van der Waals surface area contributed by atoms with Crippen LogP contribution in [0.5, 0.6) is 0 Å². The Morgan fingerprint density at radius 2 is 1.85 bits per heavy atom. The topological polar surface area (TPSA) is 89.3 Å². The summed E-state index contributed by atoms with van der Waals surface area (Å²) >= 11 is 0. The van der Waals surface area contributed by atoms with Gasteiger partial charge in [-0.3, -0.25) is 4.79 Å². The van der Waals surface area contributed by atoms with Gasteiger partial charge in [0.2, 0.25) is 15.9 Å². The van der Waals surface area contributed by atoms with Crippen LogP contribution in [0.25, 0.3) is 11.5 Å². The minimum Gasteiger partial charge on any atom is -0.441 e. The number of hydrogen-bond acceptors (Lipinski definition) is 5. The highest BCUT2D eigenvalue weighted by molar-refractivity contribution is 7.89. The number of Topliss-reactive ketones (excluding diaryl/α,β-unsaturated/α-hetero) is 1. The first-order valence-electron chi connectivity index (χ1n) is 8.49. The molecule has 1 heterocycles. The van der Waals surface area contributed by atoms with Crippen LogP contribution in [0.4, 0.5) is 0 Å². The first kappa shape index (κ1) is 19.0. The van der Waals surface area contributed by atoms with Gasteiger partial charge in [-0.25, -0.2) is 18.1 Å². The summed E-state index contributed by atoms with van der Waals surface area (Å²) in [5.41, 5.74) is 1.93. The summed E-state index contributed by atoms with van der Waals surface area (Å²) in [5.74, 6) is 0.991. The van der Waals surface area contributed by atoms with Crippen molar-refractivity contribution in [2.24, 2.45) is 0 Å². The second-order valence-electron chi connectivity index (χ2n) is 6.12. The number of nitrogens with zero attached hydrogens (tertiary/aromatic N) is 1. The second-order valence-corrected chi connectivity index (χ2v) is 7.89. The SMILES string of the molecule is CC(=O)c1cccc(S(=O)(=O)NCCc2nc(-c3ccccc3)oc2C)c1. The van der Waals surface area contributed by atoms with Gasteiger partial charge < -0.3 is 4.42 Å². The van der Waals surface area contributed by atoms with E-state index in [1.165, 1.54) is 19.1 Å². The molecule has 1 N–H and O–H groups in total. The highest BCUT2D eigenvalue weighted by Gasteiger charge is 2.16. The molecule has 6 nitrogen and oxygen atoms in total. The maximum Gasteiger partial charge on any atom is 0.240 e. The molecule has 0 aliphatic heterocycles. The average molecular weight is 384 g/mol. The molecule has 1 aromatic heterocycles. The molecule has 0 saturated heterocycles. The Balaban J connectivity index is 1.68. The van der Waals surface area contributed by atoms with Crippen molar-refractivity contribution >= 4 is 15.8 Å². The number of ketones is 1. The number of aromatic nitrogens is 1. The standard InChI is InChI=1S/C20H20N2O4S/c1-14(23)17-9-6-10-18(13-17)27(24,25)21-12-11-19-15(2)26-20(22-19)16-7-4-3-5-8-16/h3-10,13,21H,11-12H2,1-2H3. The fraction of sp³-hybridized carbons (Fsp3) is 0.200. The summed E-state index contributed by atoms with van der Waals surface area (Å²) in [7, 11) is -3.71. The van der Waals surface area contributed by atoms with Crippen LogP contribution in [-0.2, 0) is 16.4 Å². The lowest BCUT2D eigenvalue weighted by molar-refractivity contribution is 0.101. The van der Waals surface area contributed by atoms with Crippen LogP contribution >= 0.6 is 0 Å². The van der Waals surface area contributed by atoms with E-state index in [-0.39, 0.29) is 17.2 Å². The van der Waals surface area contributed by atoms with Crippen molar-refractivity contribution in [1.82, 2.24) is 9.71 Å². The number of rotatable bonds is 7. The van der Waals surface area contributed by atoms with Gasteiger partial charge in [0.1, 0.15) is 5.76 Å². The van der Waals surface area contributed by atoms with E-state index in [4.69, 9.17) is 4.42 Å². The van der Waals surface area contributed by atoms with Gasteiger partial charge >= 0.3 is 0 Å². The number of nitrogens with one attached hydrogen (secondary N) is 1. The van der Waals surface area contributed by atoms with Crippen molar-refractivity contribution in [2.45, 2.75) is 25.2 Å². The van der Waals surface area contributed by atoms with Crippen LogP contribution in [0.1, 0.15) is 28.7 Å². The van der Waals surface area contributed by atoms with Crippen molar-refractivity contribution in [2.75, 3.05) is 6.54 Å². The van der Waals surface area contributed by atoms with Gasteiger partial charge in [0.15, 0.2) is 5.78 Å². The number of oxazole rings is 1. The molecule has 0 aliphatic rings. The molecule has 0 spiro atoms. The molecule has 140 valence electrons. The Morgan fingerprint density at radius 1 is 1.11 bits per heavy atom. The summed E-state index contributed by atoms with van der Waals surface area (Å²) in [6.07, 6.45) is 0.397. The highest BCUT2D eigenvalue weighted by Crippen LogP contribution is 2.21. The number of carbonyl (C=O) groups excluding carboxylic acids is 1. The molecule has 0 radical (unpaired) electrons. The lowest BCUT2D eigenvalue weighted by Crippen LogP contribution is -2.26. The van der Waals surface area contributed by atoms with Crippen molar-refractivity contribution in [3.05, 3.63) is 71.6 Å². The zero-order chi connectivity index (χ0) is 19.4. The summed E-state index contributed by atoms with van der Waals surface area (Å²) < 4.78 is 33.1. The van der Waals surface area contributed by atoms with Gasteiger partial charge in [0, 0.05) is 24.1 Å². The summed E-state index contributed by atoms with van der Waals surface area (Å²) in [5, 5.41) is 0. The monoisotopic (exact) mass is 384 g/mol. The molecule has 0 bridgehead atoms. The minimum absolute atomic E-state index is 0.0667. The lowest BCUT2D eigenvalue weighted by Gasteiger charge is -2.07. The van der Waals surface area contributed by atoms with Crippen LogP contribution in [0.2, 0.25) is 0 Å². The van der Waals surface area contributed by atoms with Crippen molar-refractivity contribution in [1.29, 1.82) is 0 Å². The fourth-order valence-corrected chi connectivity index (χ4v) is 3.71. The van der Waals surface area contributed by atoms with E-state index in [1.807, 2.05) is 30.3 Å². The van der Waals surface area contributed by atoms with Gasteiger partial charge in [-0.2, -0.15) is 0 Å². The Morgan fingerprint density at radius 3 is 2.56 bits per heavy atom. The molecular formula is C20H20N2O4S. The Bertz CT molecular complexity index is 1060. The molecule has 0 unspecified atom stereocenters. The molecule has 7 heteroatoms. The van der Waals surface area contributed by atoms with Gasteiger partial charge in [-0.05, 0) is 38.1 Å². The fourth-order valence-electron chi connectivity index (χ4n) is 2.63. The van der Waals surface area contributed by atoms with E-state index in [2.05, 4.69) is 9.71 Å². The van der Waals surface area contributed by atoms with Gasteiger partial charge in [0.05, 0.1) is 10.6 Å². The van der Waals surface area contributed by atoms with Crippen LogP contribution in [0.3, 0.4) is 0 Å². The van der Waals surface area contributed by atoms with Crippen LogP contribution < -0.4 is 4.72 Å². The maximum atomic E-state index is 12.4. The van der Waals surface area contributed by atoms with E-state index < -0.39 is 10.0 Å². The largest absolute Gasteiger partial charge is 0.441 e. The summed E-state index contributed by atoms with van der Waals surface area (Å²) in [6.45, 7) is 3.38. The van der Waals surface area contributed by atoms with E-state index >= 15 is 0 Å². The number of carbonyl (C=O) groups is 1. The third-order valence-corrected chi connectivity index (χ3v) is 5.58. The molecule has 0 fully saturated rings. The predicted octanol–water partition coefficient (Wildman–Crippen LogP) is 3.37. The van der Waals surface area contributed by atoms with E-state index in [0.29, 0.717) is 29.3 Å². The lowest BCUT2D eigenvalue weighted by atomic mass is 10.2. The average Bonchev–Trinajstić information content (AvgIpc) is 3.03. The first-order valence-corrected chi connectivity index (χ1v) is 9.97. The van der Waals surface area contributed by atoms with Gasteiger partial charge in [-0.15, -0.1) is 0 Å². The molecule has 2 aromatic carbocycles. The molecule has 0 amide bonds. The van der Waals surface area contributed by atoms with E-state index in [0.717, 1.165) is 5.56 Å². The van der Waals surface area contributed by atoms with Crippen LogP contribution in [-0.4, -0.2) is 25.7 Å². The number of hydrogen-bond donors (Lipinski definition) is 1. The molecule has 3 aromatic rings. The third kappa shape index (κ3) is 4.50. The van der Waals surface area contributed by atoms with Crippen molar-refractivity contribution in [3.8, 4) is 11.5 Å². The second kappa shape index (κ2) is 7.85. The van der Waals surface area contributed by atoms with Gasteiger partial charge in [0.25, 0.3) is 0 Å². The Hall–Kier alpha value is -2.77. The smallest absolute Gasteiger partial charge is 0.240 e. The zero-order valence-corrected chi connectivity index (χ0v) is 15.9. The summed E-state index contributed by atoms with van der Waals surface area (Å²) in [6, 6.07) is 15.5. The highest BCUT2D eigenvalue weighted by atomic mass is 32.2. The zero-order valence-electron chi connectivity index (χ0n) is 15.1.